The Morgan fingerprint density at radius 1 is 1.02 bits per heavy atom. The van der Waals surface area contributed by atoms with Gasteiger partial charge in [-0.3, -0.25) is 9.59 Å². The fourth-order valence-corrected chi connectivity index (χ4v) is 5.66. The molecule has 0 spiro atoms. The van der Waals surface area contributed by atoms with E-state index < -0.39 is 34.0 Å². The number of carboxylic acids is 1. The molecule has 1 amide bonds. The number of aliphatic carboxylic acids is 1. The van der Waals surface area contributed by atoms with Crippen LogP contribution in [0.15, 0.2) is 42.5 Å². The zero-order valence-electron chi connectivity index (χ0n) is 24.5. The molecule has 1 fully saturated rings. The van der Waals surface area contributed by atoms with Gasteiger partial charge in [-0.25, -0.2) is 4.90 Å². The van der Waals surface area contributed by atoms with Crippen molar-refractivity contribution in [1.29, 1.82) is 5.26 Å². The Kier molecular flexibility index (Phi) is 10.9. The number of ether oxygens (including phenoxy) is 1. The number of anilines is 1. The molecule has 1 aliphatic rings. The number of benzene rings is 2. The van der Waals surface area contributed by atoms with Crippen LogP contribution < -0.4 is 14.4 Å². The zero-order chi connectivity index (χ0) is 31.0. The molecule has 11 nitrogen and oxygen atoms in total. The average molecular weight is 596 g/mol. The molecule has 0 unspecified atom stereocenters. The fraction of sp³-hybridized carbons (Fsp3) is 0.433. The highest BCUT2D eigenvalue weighted by Crippen LogP contribution is 2.23. The highest BCUT2D eigenvalue weighted by atomic mass is 32.2. The van der Waals surface area contributed by atoms with Crippen LogP contribution in [0, 0.1) is 35.1 Å². The van der Waals surface area contributed by atoms with Crippen LogP contribution in [0.1, 0.15) is 49.2 Å². The molecular weight excluding hydrogens is 558 g/mol. The van der Waals surface area contributed by atoms with Crippen molar-refractivity contribution in [1.82, 2.24) is 13.9 Å². The summed E-state index contributed by atoms with van der Waals surface area (Å²) in [6.07, 6.45) is 1.82. The van der Waals surface area contributed by atoms with Gasteiger partial charge < -0.3 is 14.7 Å². The van der Waals surface area contributed by atoms with Gasteiger partial charge in [0.25, 0.3) is 16.1 Å². The molecule has 224 valence electrons. The number of hydrogen-bond acceptors (Lipinski definition) is 7. The van der Waals surface area contributed by atoms with Crippen LogP contribution >= 0.6 is 0 Å². The minimum absolute atomic E-state index is 0.222. The molecule has 42 heavy (non-hydrogen) atoms. The van der Waals surface area contributed by atoms with Gasteiger partial charge in [0.15, 0.2) is 6.19 Å². The maximum absolute atomic E-state index is 12.7. The van der Waals surface area contributed by atoms with Gasteiger partial charge in [-0.1, -0.05) is 39.5 Å². The van der Waals surface area contributed by atoms with Crippen LogP contribution in [0.4, 0.5) is 5.69 Å². The van der Waals surface area contributed by atoms with Crippen molar-refractivity contribution >= 4 is 27.8 Å². The largest absolute Gasteiger partial charge is 0.492 e. The van der Waals surface area contributed by atoms with Gasteiger partial charge in [0, 0.05) is 50.0 Å². The third-order valence-electron chi connectivity index (χ3n) is 6.61. The highest BCUT2D eigenvalue weighted by molar-refractivity contribution is 7.87. The van der Waals surface area contributed by atoms with Crippen LogP contribution in [-0.4, -0.2) is 80.5 Å². The lowest BCUT2D eigenvalue weighted by Gasteiger charge is -2.36. The van der Waals surface area contributed by atoms with E-state index in [1.165, 1.54) is 11.4 Å². The number of piperazine rings is 1. The van der Waals surface area contributed by atoms with Crippen molar-refractivity contribution in [3.63, 3.8) is 0 Å². The second-order valence-corrected chi connectivity index (χ2v) is 12.4. The molecule has 0 radical (unpaired) electrons. The molecule has 2 aromatic rings. The Balaban J connectivity index is 1.68. The molecule has 0 saturated carbocycles. The number of hydrogen-bond donors (Lipinski definition) is 2. The van der Waals surface area contributed by atoms with Crippen LogP contribution in [0.3, 0.4) is 0 Å². The summed E-state index contributed by atoms with van der Waals surface area (Å²) < 4.78 is 34.9. The summed E-state index contributed by atoms with van der Waals surface area (Å²) in [5.74, 6) is 4.74. The Labute approximate surface area is 247 Å². The standard InChI is InChI=1S/C30H37N5O6S/c1-21(2)19-41-27-13-10-24(18-26(27)29(36)33(5)20-31)7-6-23-8-11-25(12-9-23)34-14-16-35(17-15-34)42(39,40)32-28(22(3)4)30(37)38/h8-13,18,21-22,28,32H,14-17,19H2,1-5H3,(H,37,38)/t28-/m1/s1. The molecule has 0 bridgehead atoms. The number of rotatable bonds is 10. The molecular formula is C30H37N5O6S. The van der Waals surface area contributed by atoms with E-state index in [0.717, 1.165) is 16.2 Å². The van der Waals surface area contributed by atoms with Gasteiger partial charge >= 0.3 is 5.97 Å². The summed E-state index contributed by atoms with van der Waals surface area (Å²) in [4.78, 5) is 27.2. The number of nitriles is 1. The topological polar surface area (TPSA) is 143 Å². The second-order valence-electron chi connectivity index (χ2n) is 10.7. The first-order valence-electron chi connectivity index (χ1n) is 13.6. The molecule has 0 aliphatic carbocycles. The Bertz CT molecular complexity index is 1480. The number of carboxylic acid groups (broad SMARTS) is 1. The van der Waals surface area contributed by atoms with E-state index in [2.05, 4.69) is 21.5 Å². The van der Waals surface area contributed by atoms with E-state index >= 15 is 0 Å². The summed E-state index contributed by atoms with van der Waals surface area (Å²) in [6, 6.07) is 11.4. The minimum Gasteiger partial charge on any atom is -0.492 e. The number of carbonyl (C=O) groups excluding carboxylic acids is 1. The Hall–Kier alpha value is -4.10. The third-order valence-corrected chi connectivity index (χ3v) is 8.20. The molecule has 1 aliphatic heterocycles. The van der Waals surface area contributed by atoms with Gasteiger partial charge in [0.05, 0.1) is 12.2 Å². The van der Waals surface area contributed by atoms with Crippen molar-refractivity contribution in [2.75, 3.05) is 44.7 Å². The lowest BCUT2D eigenvalue weighted by atomic mass is 10.1. The fourth-order valence-electron chi connectivity index (χ4n) is 4.18. The maximum Gasteiger partial charge on any atom is 0.322 e. The van der Waals surface area contributed by atoms with Gasteiger partial charge in [-0.05, 0) is 54.3 Å². The smallest absolute Gasteiger partial charge is 0.322 e. The quantitative estimate of drug-likeness (QED) is 0.243. The molecule has 1 atom stereocenters. The monoisotopic (exact) mass is 595 g/mol. The Morgan fingerprint density at radius 3 is 2.17 bits per heavy atom. The normalized spacial score (nSPS) is 14.6. The third kappa shape index (κ3) is 8.46. The molecule has 2 N–H and O–H groups in total. The number of nitrogens with one attached hydrogen (secondary N) is 1. The van der Waals surface area contributed by atoms with Crippen LogP contribution in [-0.2, 0) is 15.0 Å². The first-order valence-corrected chi connectivity index (χ1v) is 15.1. The minimum atomic E-state index is -3.93. The number of nitrogens with zero attached hydrogens (tertiary/aromatic N) is 4. The SMILES string of the molecule is CC(C)COc1ccc(C#Cc2ccc(N3CCN(S(=O)(=O)N[C@@H](C(=O)O)C(C)C)CC3)cc2)cc1C(=O)N(C)C#N. The van der Waals surface area contributed by atoms with Crippen molar-refractivity contribution in [3.8, 4) is 23.8 Å². The van der Waals surface area contributed by atoms with Gasteiger partial charge in [-0.2, -0.15) is 22.7 Å². The summed E-state index contributed by atoms with van der Waals surface area (Å²) in [5.41, 5.74) is 2.52. The number of amides is 1. The van der Waals surface area contributed by atoms with E-state index in [4.69, 9.17) is 10.00 Å². The Morgan fingerprint density at radius 2 is 1.62 bits per heavy atom. The molecule has 1 saturated heterocycles. The van der Waals surface area contributed by atoms with Gasteiger partial charge in [0.1, 0.15) is 11.8 Å². The van der Waals surface area contributed by atoms with E-state index in [0.29, 0.717) is 31.0 Å². The first-order chi connectivity index (χ1) is 19.8. The summed E-state index contributed by atoms with van der Waals surface area (Å²) in [7, 11) is -2.54. The van der Waals surface area contributed by atoms with Crippen molar-refractivity contribution in [2.45, 2.75) is 33.7 Å². The average Bonchev–Trinajstić information content (AvgIpc) is 2.97. The van der Waals surface area contributed by atoms with E-state index in [1.54, 1.807) is 32.0 Å². The van der Waals surface area contributed by atoms with Crippen molar-refractivity contribution < 1.29 is 27.9 Å². The van der Waals surface area contributed by atoms with E-state index in [9.17, 15) is 23.1 Å². The summed E-state index contributed by atoms with van der Waals surface area (Å²) in [5, 5.41) is 18.5. The van der Waals surface area contributed by atoms with Crippen LogP contribution in [0.5, 0.6) is 5.75 Å². The molecule has 2 aromatic carbocycles. The molecule has 0 aromatic heterocycles. The molecule has 12 heteroatoms. The van der Waals surface area contributed by atoms with Crippen LogP contribution in [0.2, 0.25) is 0 Å². The maximum atomic E-state index is 12.7. The summed E-state index contributed by atoms with van der Waals surface area (Å²) >= 11 is 0. The first kappa shape index (κ1) is 32.4. The molecule has 3 rings (SSSR count). The zero-order valence-corrected chi connectivity index (χ0v) is 25.3. The van der Waals surface area contributed by atoms with Crippen molar-refractivity contribution in [2.24, 2.45) is 11.8 Å². The predicted octanol–water partition coefficient (Wildman–Crippen LogP) is 2.74. The van der Waals surface area contributed by atoms with E-state index in [1.807, 2.05) is 44.3 Å². The van der Waals surface area contributed by atoms with Crippen LogP contribution in [0.25, 0.3) is 0 Å². The lowest BCUT2D eigenvalue weighted by molar-refractivity contribution is -0.140. The predicted molar refractivity (Wildman–Crippen MR) is 159 cm³/mol. The second kappa shape index (κ2) is 14.2. The molecule has 1 heterocycles. The highest BCUT2D eigenvalue weighted by Gasteiger charge is 2.33. The summed E-state index contributed by atoms with van der Waals surface area (Å²) in [6.45, 7) is 9.08. The lowest BCUT2D eigenvalue weighted by Crippen LogP contribution is -2.55. The van der Waals surface area contributed by atoms with E-state index in [-0.39, 0.29) is 24.6 Å². The number of carbonyl (C=O) groups is 2. The van der Waals surface area contributed by atoms with Crippen molar-refractivity contribution in [3.05, 3.63) is 59.2 Å². The van der Waals surface area contributed by atoms with Gasteiger partial charge in [-0.15, -0.1) is 0 Å². The van der Waals surface area contributed by atoms with Gasteiger partial charge in [0.2, 0.25) is 0 Å².